The smallest absolute Gasteiger partial charge is 0.315 e. The minimum Gasteiger partial charge on any atom is -0.481 e. The van der Waals surface area contributed by atoms with Gasteiger partial charge in [-0.15, -0.1) is 0 Å². The standard InChI is InChI=1S/C14H20N2O4/c1-9(12-3-2-8-20-12)15-14(19)16-11-6-4-10(5-7-11)13(17)18/h2-3,8-11H,4-7H2,1H3,(H,17,18)(H2,15,16,19). The lowest BCUT2D eigenvalue weighted by molar-refractivity contribution is -0.142. The number of aliphatic carboxylic acids is 1. The molecule has 6 nitrogen and oxygen atoms in total. The van der Waals surface area contributed by atoms with Crippen LogP contribution in [0.5, 0.6) is 0 Å². The van der Waals surface area contributed by atoms with Gasteiger partial charge in [0.05, 0.1) is 18.2 Å². The Labute approximate surface area is 117 Å². The Bertz CT molecular complexity index is 450. The van der Waals surface area contributed by atoms with Crippen LogP contribution in [0.25, 0.3) is 0 Å². The van der Waals surface area contributed by atoms with Crippen molar-refractivity contribution in [2.75, 3.05) is 0 Å². The molecule has 1 aromatic rings. The van der Waals surface area contributed by atoms with Crippen LogP contribution in [0.15, 0.2) is 22.8 Å². The zero-order chi connectivity index (χ0) is 14.5. The predicted octanol–water partition coefficient (Wildman–Crippen LogP) is 2.28. The Kier molecular flexibility index (Phi) is 4.65. The number of carboxylic acid groups (broad SMARTS) is 1. The first-order valence-electron chi connectivity index (χ1n) is 6.89. The van der Waals surface area contributed by atoms with E-state index in [4.69, 9.17) is 9.52 Å². The van der Waals surface area contributed by atoms with E-state index in [1.807, 2.05) is 13.0 Å². The Morgan fingerprint density at radius 2 is 2.05 bits per heavy atom. The van der Waals surface area contributed by atoms with E-state index in [9.17, 15) is 9.59 Å². The van der Waals surface area contributed by atoms with Crippen LogP contribution in [-0.2, 0) is 4.79 Å². The van der Waals surface area contributed by atoms with Crippen LogP contribution in [0.1, 0.15) is 44.4 Å². The zero-order valence-electron chi connectivity index (χ0n) is 11.5. The van der Waals surface area contributed by atoms with Gasteiger partial charge >= 0.3 is 12.0 Å². The molecule has 3 N–H and O–H groups in total. The first-order chi connectivity index (χ1) is 9.56. The number of amides is 2. The van der Waals surface area contributed by atoms with E-state index >= 15 is 0 Å². The van der Waals surface area contributed by atoms with Crippen LogP contribution < -0.4 is 10.6 Å². The third-order valence-electron chi connectivity index (χ3n) is 3.73. The summed E-state index contributed by atoms with van der Waals surface area (Å²) in [6, 6.07) is 3.20. The minimum atomic E-state index is -0.737. The van der Waals surface area contributed by atoms with Gasteiger partial charge in [0.25, 0.3) is 0 Å². The Hall–Kier alpha value is -1.98. The van der Waals surface area contributed by atoms with Crippen LogP contribution in [-0.4, -0.2) is 23.1 Å². The van der Waals surface area contributed by atoms with Crippen LogP contribution >= 0.6 is 0 Å². The predicted molar refractivity (Wildman–Crippen MR) is 72.2 cm³/mol. The SMILES string of the molecule is CC(NC(=O)NC1CCC(C(=O)O)CC1)c1ccco1. The molecule has 1 aliphatic carbocycles. The largest absolute Gasteiger partial charge is 0.481 e. The monoisotopic (exact) mass is 280 g/mol. The molecule has 0 aromatic carbocycles. The summed E-state index contributed by atoms with van der Waals surface area (Å²) in [6.45, 7) is 1.85. The minimum absolute atomic E-state index is 0.0504. The number of rotatable bonds is 4. The quantitative estimate of drug-likeness (QED) is 0.789. The average Bonchev–Trinajstić information content (AvgIpc) is 2.93. The molecule has 110 valence electrons. The maximum atomic E-state index is 11.9. The van der Waals surface area contributed by atoms with Gasteiger partial charge in [-0.3, -0.25) is 4.79 Å². The molecule has 1 aromatic heterocycles. The summed E-state index contributed by atoms with van der Waals surface area (Å²) in [5.74, 6) is -0.299. The van der Waals surface area contributed by atoms with Crippen molar-refractivity contribution in [1.82, 2.24) is 10.6 Å². The van der Waals surface area contributed by atoms with E-state index < -0.39 is 5.97 Å². The van der Waals surface area contributed by atoms with Gasteiger partial charge in [0.1, 0.15) is 5.76 Å². The lowest BCUT2D eigenvalue weighted by Gasteiger charge is -2.27. The van der Waals surface area contributed by atoms with Gasteiger partial charge in [-0.1, -0.05) is 0 Å². The van der Waals surface area contributed by atoms with E-state index in [0.717, 1.165) is 0 Å². The second-order valence-electron chi connectivity index (χ2n) is 5.24. The van der Waals surface area contributed by atoms with Crippen molar-refractivity contribution in [3.63, 3.8) is 0 Å². The molecule has 1 unspecified atom stereocenters. The molecule has 2 rings (SSSR count). The number of carbonyl (C=O) groups excluding carboxylic acids is 1. The third-order valence-corrected chi connectivity index (χ3v) is 3.73. The van der Waals surface area contributed by atoms with Gasteiger partial charge in [-0.05, 0) is 44.7 Å². The summed E-state index contributed by atoms with van der Waals surface area (Å²) < 4.78 is 5.22. The number of urea groups is 1. The molecule has 1 heterocycles. The highest BCUT2D eigenvalue weighted by Crippen LogP contribution is 2.24. The summed E-state index contributed by atoms with van der Waals surface area (Å²) >= 11 is 0. The van der Waals surface area contributed by atoms with Crippen molar-refractivity contribution < 1.29 is 19.1 Å². The molecular formula is C14H20N2O4. The van der Waals surface area contributed by atoms with Gasteiger partial charge in [-0.25, -0.2) is 4.79 Å². The Balaban J connectivity index is 1.74. The molecule has 1 fully saturated rings. The molecule has 0 aliphatic heterocycles. The molecule has 0 bridgehead atoms. The summed E-state index contributed by atoms with van der Waals surface area (Å²) in [5.41, 5.74) is 0. The molecule has 0 radical (unpaired) electrons. The lowest BCUT2D eigenvalue weighted by Crippen LogP contribution is -2.44. The second kappa shape index (κ2) is 6.45. The van der Waals surface area contributed by atoms with Crippen molar-refractivity contribution in [1.29, 1.82) is 0 Å². The highest BCUT2D eigenvalue weighted by atomic mass is 16.4. The van der Waals surface area contributed by atoms with Crippen molar-refractivity contribution >= 4 is 12.0 Å². The number of furan rings is 1. The van der Waals surface area contributed by atoms with Gasteiger partial charge in [0, 0.05) is 6.04 Å². The number of nitrogens with one attached hydrogen (secondary N) is 2. The molecule has 20 heavy (non-hydrogen) atoms. The van der Waals surface area contributed by atoms with Gasteiger partial charge in [0.15, 0.2) is 0 Å². The van der Waals surface area contributed by atoms with E-state index in [1.54, 1.807) is 12.3 Å². The molecule has 0 spiro atoms. The number of carbonyl (C=O) groups is 2. The van der Waals surface area contributed by atoms with E-state index in [0.29, 0.717) is 31.4 Å². The van der Waals surface area contributed by atoms with Gasteiger partial charge in [0.2, 0.25) is 0 Å². The first-order valence-corrected chi connectivity index (χ1v) is 6.89. The van der Waals surface area contributed by atoms with Crippen LogP contribution in [0.3, 0.4) is 0 Å². The van der Waals surface area contributed by atoms with Crippen molar-refractivity contribution in [2.45, 2.75) is 44.7 Å². The summed E-state index contributed by atoms with van der Waals surface area (Å²) in [4.78, 5) is 22.7. The van der Waals surface area contributed by atoms with Crippen LogP contribution in [0.2, 0.25) is 0 Å². The number of hydrogen-bond acceptors (Lipinski definition) is 3. The van der Waals surface area contributed by atoms with Gasteiger partial charge in [-0.2, -0.15) is 0 Å². The highest BCUT2D eigenvalue weighted by Gasteiger charge is 2.26. The maximum Gasteiger partial charge on any atom is 0.315 e. The fraction of sp³-hybridized carbons (Fsp3) is 0.571. The normalized spacial score (nSPS) is 23.9. The Morgan fingerprint density at radius 1 is 1.35 bits per heavy atom. The zero-order valence-corrected chi connectivity index (χ0v) is 11.5. The molecule has 1 saturated carbocycles. The molecule has 2 amide bonds. The summed E-state index contributed by atoms with van der Waals surface area (Å²) in [7, 11) is 0. The Morgan fingerprint density at radius 3 is 2.60 bits per heavy atom. The number of hydrogen-bond donors (Lipinski definition) is 3. The summed E-state index contributed by atoms with van der Waals surface area (Å²) in [6.07, 6.45) is 4.22. The second-order valence-corrected chi connectivity index (χ2v) is 5.24. The fourth-order valence-electron chi connectivity index (χ4n) is 2.52. The van der Waals surface area contributed by atoms with E-state index in [1.165, 1.54) is 0 Å². The maximum absolute atomic E-state index is 11.9. The van der Waals surface area contributed by atoms with Crippen molar-refractivity contribution in [3.05, 3.63) is 24.2 Å². The van der Waals surface area contributed by atoms with E-state index in [2.05, 4.69) is 10.6 Å². The fourth-order valence-corrected chi connectivity index (χ4v) is 2.52. The highest BCUT2D eigenvalue weighted by molar-refractivity contribution is 5.74. The molecule has 0 saturated heterocycles. The first kappa shape index (κ1) is 14.4. The van der Waals surface area contributed by atoms with Crippen LogP contribution in [0.4, 0.5) is 4.79 Å². The summed E-state index contributed by atoms with van der Waals surface area (Å²) in [5, 5.41) is 14.6. The van der Waals surface area contributed by atoms with Gasteiger partial charge < -0.3 is 20.2 Å². The van der Waals surface area contributed by atoms with Crippen LogP contribution in [0, 0.1) is 5.92 Å². The lowest BCUT2D eigenvalue weighted by atomic mass is 9.86. The molecule has 1 aliphatic rings. The molecule has 1 atom stereocenters. The topological polar surface area (TPSA) is 91.6 Å². The van der Waals surface area contributed by atoms with Crippen molar-refractivity contribution in [2.24, 2.45) is 5.92 Å². The average molecular weight is 280 g/mol. The molecular weight excluding hydrogens is 260 g/mol. The molecule has 6 heteroatoms. The van der Waals surface area contributed by atoms with Crippen molar-refractivity contribution in [3.8, 4) is 0 Å². The third kappa shape index (κ3) is 3.76. The van der Waals surface area contributed by atoms with E-state index in [-0.39, 0.29) is 24.0 Å². The number of carboxylic acids is 1.